The van der Waals surface area contributed by atoms with E-state index in [4.69, 9.17) is 17.3 Å². The molecule has 0 spiro atoms. The minimum absolute atomic E-state index is 0.0427. The standard InChI is InChI=1S/C12H18ClN3O2S/c1-12(2,3)16-19(17,18)10-7-5-4-6-9(10)15-11(14)8-13/h4-7,16H,8H2,1-3H3,(H2,14,15). The van der Waals surface area contributed by atoms with Crippen molar-refractivity contribution in [3.63, 3.8) is 0 Å². The van der Waals surface area contributed by atoms with Crippen LogP contribution in [0.3, 0.4) is 0 Å². The molecule has 0 saturated carbocycles. The lowest BCUT2D eigenvalue weighted by Gasteiger charge is -2.20. The lowest BCUT2D eigenvalue weighted by Crippen LogP contribution is -2.40. The molecule has 5 nitrogen and oxygen atoms in total. The highest BCUT2D eigenvalue weighted by molar-refractivity contribution is 7.89. The smallest absolute Gasteiger partial charge is 0.243 e. The average molecular weight is 304 g/mol. The van der Waals surface area contributed by atoms with Crippen LogP contribution in [0, 0.1) is 0 Å². The predicted octanol–water partition coefficient (Wildman–Crippen LogP) is 1.99. The number of alkyl halides is 1. The highest BCUT2D eigenvalue weighted by atomic mass is 35.5. The van der Waals surface area contributed by atoms with Gasteiger partial charge in [-0.05, 0) is 32.9 Å². The van der Waals surface area contributed by atoms with Crippen molar-refractivity contribution in [3.8, 4) is 0 Å². The summed E-state index contributed by atoms with van der Waals surface area (Å²) in [5, 5.41) is 0. The molecule has 0 aliphatic carbocycles. The van der Waals surface area contributed by atoms with Crippen molar-refractivity contribution in [3.05, 3.63) is 24.3 Å². The van der Waals surface area contributed by atoms with E-state index in [1.807, 2.05) is 0 Å². The van der Waals surface area contributed by atoms with Crippen LogP contribution >= 0.6 is 11.6 Å². The molecule has 7 heteroatoms. The first-order valence-electron chi connectivity index (χ1n) is 5.68. The summed E-state index contributed by atoms with van der Waals surface area (Å²) in [7, 11) is -3.66. The zero-order valence-electron chi connectivity index (χ0n) is 11.1. The second-order valence-electron chi connectivity index (χ2n) is 5.06. The number of para-hydroxylation sites is 1. The van der Waals surface area contributed by atoms with Crippen LogP contribution in [0.5, 0.6) is 0 Å². The van der Waals surface area contributed by atoms with Crippen LogP contribution in [0.1, 0.15) is 20.8 Å². The van der Waals surface area contributed by atoms with Crippen molar-refractivity contribution in [1.29, 1.82) is 0 Å². The van der Waals surface area contributed by atoms with Crippen LogP contribution in [0.25, 0.3) is 0 Å². The molecule has 1 aromatic carbocycles. The number of amidine groups is 1. The fourth-order valence-electron chi connectivity index (χ4n) is 1.42. The van der Waals surface area contributed by atoms with Crippen LogP contribution in [0.15, 0.2) is 34.2 Å². The van der Waals surface area contributed by atoms with Crippen LogP contribution < -0.4 is 10.5 Å². The number of hydrogen-bond donors (Lipinski definition) is 2. The van der Waals surface area contributed by atoms with Gasteiger partial charge in [-0.25, -0.2) is 18.1 Å². The molecule has 0 aromatic heterocycles. The Morgan fingerprint density at radius 3 is 2.47 bits per heavy atom. The van der Waals surface area contributed by atoms with E-state index in [1.165, 1.54) is 6.07 Å². The molecule has 1 aromatic rings. The van der Waals surface area contributed by atoms with Gasteiger partial charge in [-0.1, -0.05) is 12.1 Å². The van der Waals surface area contributed by atoms with Gasteiger partial charge in [0.2, 0.25) is 10.0 Å². The van der Waals surface area contributed by atoms with Crippen LogP contribution in [0.2, 0.25) is 0 Å². The molecule has 0 amide bonds. The second kappa shape index (κ2) is 5.90. The predicted molar refractivity (Wildman–Crippen MR) is 78.5 cm³/mol. The third kappa shape index (κ3) is 4.81. The number of nitrogens with zero attached hydrogens (tertiary/aromatic N) is 1. The highest BCUT2D eigenvalue weighted by Gasteiger charge is 2.24. The Morgan fingerprint density at radius 2 is 1.95 bits per heavy atom. The zero-order valence-corrected chi connectivity index (χ0v) is 12.7. The first-order chi connectivity index (χ1) is 8.65. The highest BCUT2D eigenvalue weighted by Crippen LogP contribution is 2.24. The lowest BCUT2D eigenvalue weighted by atomic mass is 10.1. The van der Waals surface area contributed by atoms with Crippen molar-refractivity contribution < 1.29 is 8.42 Å². The molecule has 0 radical (unpaired) electrons. The number of hydrogen-bond acceptors (Lipinski definition) is 3. The normalized spacial score (nSPS) is 13.6. The second-order valence-corrected chi connectivity index (χ2v) is 6.98. The Hall–Kier alpha value is -1.11. The number of nitrogens with one attached hydrogen (secondary N) is 1. The van der Waals surface area contributed by atoms with Gasteiger partial charge in [-0.15, -0.1) is 11.6 Å². The van der Waals surface area contributed by atoms with Gasteiger partial charge < -0.3 is 5.73 Å². The quantitative estimate of drug-likeness (QED) is 0.507. The van der Waals surface area contributed by atoms with Crippen molar-refractivity contribution in [2.75, 3.05) is 5.88 Å². The maximum absolute atomic E-state index is 12.3. The Balaban J connectivity index is 3.28. The maximum Gasteiger partial charge on any atom is 0.243 e. The first-order valence-corrected chi connectivity index (χ1v) is 7.69. The number of aliphatic imine (C=N–C) groups is 1. The molecule has 3 N–H and O–H groups in total. The van der Waals surface area contributed by atoms with Gasteiger partial charge in [-0.2, -0.15) is 0 Å². The topological polar surface area (TPSA) is 84.5 Å². The summed E-state index contributed by atoms with van der Waals surface area (Å²) in [6.45, 7) is 5.30. The van der Waals surface area contributed by atoms with Crippen molar-refractivity contribution in [1.82, 2.24) is 4.72 Å². The molecule has 0 bridgehead atoms. The largest absolute Gasteiger partial charge is 0.386 e. The van der Waals surface area contributed by atoms with E-state index < -0.39 is 15.6 Å². The van der Waals surface area contributed by atoms with Crippen LogP contribution in [-0.4, -0.2) is 25.7 Å². The van der Waals surface area contributed by atoms with Gasteiger partial charge in [0.1, 0.15) is 10.7 Å². The van der Waals surface area contributed by atoms with E-state index >= 15 is 0 Å². The van der Waals surface area contributed by atoms with Crippen molar-refractivity contribution >= 4 is 33.1 Å². The molecule has 0 saturated heterocycles. The summed E-state index contributed by atoms with van der Waals surface area (Å²) in [5.74, 6) is 0.209. The molecule has 19 heavy (non-hydrogen) atoms. The van der Waals surface area contributed by atoms with Gasteiger partial charge in [0, 0.05) is 5.54 Å². The van der Waals surface area contributed by atoms with E-state index in [9.17, 15) is 8.42 Å². The molecule has 1 rings (SSSR count). The van der Waals surface area contributed by atoms with Gasteiger partial charge in [0.15, 0.2) is 0 Å². The van der Waals surface area contributed by atoms with Gasteiger partial charge >= 0.3 is 0 Å². The SMILES string of the molecule is CC(C)(C)NS(=O)(=O)c1ccccc1N=C(N)CCl. The lowest BCUT2D eigenvalue weighted by molar-refractivity contribution is 0.491. The number of rotatable bonds is 4. The summed E-state index contributed by atoms with van der Waals surface area (Å²) < 4.78 is 27.1. The minimum atomic E-state index is -3.66. The Labute approximate surface area is 118 Å². The van der Waals surface area contributed by atoms with Crippen LogP contribution in [-0.2, 0) is 10.0 Å². The maximum atomic E-state index is 12.3. The Bertz CT molecular complexity index is 577. The van der Waals surface area contributed by atoms with Gasteiger partial charge in [-0.3, -0.25) is 0 Å². The third-order valence-corrected chi connectivity index (χ3v) is 4.08. The molecule has 0 aliphatic rings. The van der Waals surface area contributed by atoms with E-state index in [2.05, 4.69) is 9.71 Å². The molecule has 0 unspecified atom stereocenters. The molecule has 0 atom stereocenters. The summed E-state index contributed by atoms with van der Waals surface area (Å²) in [4.78, 5) is 4.10. The van der Waals surface area contributed by atoms with Crippen LogP contribution in [0.4, 0.5) is 5.69 Å². The van der Waals surface area contributed by atoms with Gasteiger partial charge in [0.05, 0.1) is 11.6 Å². The molecule has 0 heterocycles. The first kappa shape index (κ1) is 15.9. The number of benzene rings is 1. The summed E-state index contributed by atoms with van der Waals surface area (Å²) in [5.41, 5.74) is 5.25. The number of sulfonamides is 1. The third-order valence-electron chi connectivity index (χ3n) is 2.00. The van der Waals surface area contributed by atoms with Gasteiger partial charge in [0.25, 0.3) is 0 Å². The summed E-state index contributed by atoms with van der Waals surface area (Å²) in [6, 6.07) is 6.38. The Morgan fingerprint density at radius 1 is 1.37 bits per heavy atom. The molecular weight excluding hydrogens is 286 g/mol. The summed E-state index contributed by atoms with van der Waals surface area (Å²) in [6.07, 6.45) is 0. The summed E-state index contributed by atoms with van der Waals surface area (Å²) >= 11 is 5.55. The molecular formula is C12H18ClN3O2S. The molecule has 0 fully saturated rings. The molecule has 106 valence electrons. The van der Waals surface area contributed by atoms with E-state index in [-0.39, 0.29) is 22.3 Å². The van der Waals surface area contributed by atoms with Crippen molar-refractivity contribution in [2.24, 2.45) is 10.7 Å². The minimum Gasteiger partial charge on any atom is -0.386 e. The monoisotopic (exact) mass is 303 g/mol. The fraction of sp³-hybridized carbons (Fsp3) is 0.417. The Kier molecular flexibility index (Phi) is 4.95. The average Bonchev–Trinajstić information content (AvgIpc) is 2.26. The zero-order chi connectivity index (χ0) is 14.7. The fourth-order valence-corrected chi connectivity index (χ4v) is 3.04. The van der Waals surface area contributed by atoms with E-state index in [0.29, 0.717) is 0 Å². The van der Waals surface area contributed by atoms with Crippen molar-refractivity contribution in [2.45, 2.75) is 31.2 Å². The number of nitrogens with two attached hydrogens (primary N) is 1. The number of halogens is 1. The molecule has 0 aliphatic heterocycles. The van der Waals surface area contributed by atoms with E-state index in [1.54, 1.807) is 39.0 Å². The van der Waals surface area contributed by atoms with E-state index in [0.717, 1.165) is 0 Å².